The second kappa shape index (κ2) is 9.95. The van der Waals surface area contributed by atoms with Gasteiger partial charge in [-0.05, 0) is 23.6 Å². The summed E-state index contributed by atoms with van der Waals surface area (Å²) < 4.78 is 15.3. The third-order valence-corrected chi connectivity index (χ3v) is 5.10. The van der Waals surface area contributed by atoms with Crippen molar-refractivity contribution in [3.8, 4) is 11.5 Å². The summed E-state index contributed by atoms with van der Waals surface area (Å²) in [4.78, 5) is 24.8. The molecule has 0 unspecified atom stereocenters. The van der Waals surface area contributed by atoms with E-state index in [0.717, 1.165) is 5.75 Å². The lowest BCUT2D eigenvalue weighted by atomic mass is 10.2. The van der Waals surface area contributed by atoms with Gasteiger partial charge in [-0.25, -0.2) is 0 Å². The van der Waals surface area contributed by atoms with Crippen LogP contribution in [0.1, 0.15) is 4.88 Å². The van der Waals surface area contributed by atoms with Crippen LogP contribution in [0.25, 0.3) is 0 Å². The van der Waals surface area contributed by atoms with E-state index in [1.54, 1.807) is 29.5 Å². The van der Waals surface area contributed by atoms with Gasteiger partial charge in [-0.3, -0.25) is 9.59 Å². The molecule has 0 aliphatic heterocycles. The summed E-state index contributed by atoms with van der Waals surface area (Å²) in [6.45, 7) is -0.348. The quantitative estimate of drug-likeness (QED) is 0.673. The van der Waals surface area contributed by atoms with Crippen LogP contribution >= 0.6 is 23.1 Å². The van der Waals surface area contributed by atoms with Gasteiger partial charge in [-0.2, -0.15) is 0 Å². The van der Waals surface area contributed by atoms with Gasteiger partial charge in [-0.15, -0.1) is 23.1 Å². The van der Waals surface area contributed by atoms with Crippen molar-refractivity contribution in [2.75, 3.05) is 31.9 Å². The lowest BCUT2D eigenvalue weighted by molar-refractivity contribution is -0.144. The smallest absolute Gasteiger partial charge is 0.316 e. The Kier molecular flexibility index (Phi) is 7.62. The maximum atomic E-state index is 12.0. The van der Waals surface area contributed by atoms with Gasteiger partial charge in [0.05, 0.1) is 25.7 Å². The number of hydrogen-bond donors (Lipinski definition) is 1. The molecule has 1 heterocycles. The number of methoxy groups -OCH3 is 2. The van der Waals surface area contributed by atoms with Crippen LogP contribution in [-0.2, 0) is 20.1 Å². The third kappa shape index (κ3) is 6.32. The SMILES string of the molecule is COc1ccc(OC)c(NC(=O)COC(=O)CSCc2cccs2)c1. The van der Waals surface area contributed by atoms with Crippen LogP contribution in [0.5, 0.6) is 11.5 Å². The Bertz CT molecular complexity index is 703. The maximum absolute atomic E-state index is 12.0. The minimum atomic E-state index is -0.442. The van der Waals surface area contributed by atoms with Crippen molar-refractivity contribution in [2.24, 2.45) is 0 Å². The number of thiophene rings is 1. The predicted octanol–water partition coefficient (Wildman–Crippen LogP) is 3.18. The van der Waals surface area contributed by atoms with E-state index in [0.29, 0.717) is 17.2 Å². The molecule has 0 saturated heterocycles. The molecule has 1 N–H and O–H groups in total. The lowest BCUT2D eigenvalue weighted by Gasteiger charge is -2.12. The summed E-state index contributed by atoms with van der Waals surface area (Å²) in [5, 5.41) is 4.64. The fraction of sp³-hybridized carbons (Fsp3) is 0.294. The number of thioether (sulfide) groups is 1. The zero-order valence-corrected chi connectivity index (χ0v) is 15.6. The highest BCUT2D eigenvalue weighted by molar-refractivity contribution is 7.99. The average molecular weight is 381 g/mol. The Morgan fingerprint density at radius 3 is 2.72 bits per heavy atom. The maximum Gasteiger partial charge on any atom is 0.316 e. The molecule has 1 amide bonds. The molecular weight excluding hydrogens is 362 g/mol. The number of ether oxygens (including phenoxy) is 3. The van der Waals surface area contributed by atoms with E-state index >= 15 is 0 Å². The van der Waals surface area contributed by atoms with Crippen LogP contribution in [0.3, 0.4) is 0 Å². The largest absolute Gasteiger partial charge is 0.497 e. The number of amides is 1. The Balaban J connectivity index is 1.75. The fourth-order valence-electron chi connectivity index (χ4n) is 1.92. The molecule has 0 aliphatic carbocycles. The normalized spacial score (nSPS) is 10.2. The first kappa shape index (κ1) is 19.1. The van der Waals surface area contributed by atoms with E-state index in [1.807, 2.05) is 17.5 Å². The summed E-state index contributed by atoms with van der Waals surface area (Å²) in [6.07, 6.45) is 0. The zero-order valence-electron chi connectivity index (χ0n) is 13.9. The Morgan fingerprint density at radius 1 is 1.20 bits per heavy atom. The van der Waals surface area contributed by atoms with Crippen LogP contribution in [0, 0.1) is 0 Å². The van der Waals surface area contributed by atoms with Gasteiger partial charge in [0.15, 0.2) is 6.61 Å². The number of carbonyl (C=O) groups is 2. The number of nitrogens with one attached hydrogen (secondary N) is 1. The second-order valence-corrected chi connectivity index (χ2v) is 6.87. The van der Waals surface area contributed by atoms with E-state index in [2.05, 4.69) is 5.32 Å². The van der Waals surface area contributed by atoms with Crippen molar-refractivity contribution in [3.63, 3.8) is 0 Å². The minimum Gasteiger partial charge on any atom is -0.497 e. The van der Waals surface area contributed by atoms with Crippen LogP contribution in [0.2, 0.25) is 0 Å². The molecule has 8 heteroatoms. The molecule has 2 aromatic rings. The van der Waals surface area contributed by atoms with Gasteiger partial charge in [0.2, 0.25) is 0 Å². The molecule has 25 heavy (non-hydrogen) atoms. The molecule has 1 aromatic heterocycles. The summed E-state index contributed by atoms with van der Waals surface area (Å²) in [5.41, 5.74) is 0.454. The Hall–Kier alpha value is -2.19. The van der Waals surface area contributed by atoms with Crippen molar-refractivity contribution < 1.29 is 23.8 Å². The van der Waals surface area contributed by atoms with E-state index in [-0.39, 0.29) is 12.4 Å². The molecule has 1 aromatic carbocycles. The van der Waals surface area contributed by atoms with Gasteiger partial charge in [0.25, 0.3) is 5.91 Å². The number of rotatable bonds is 9. The molecule has 0 radical (unpaired) electrons. The molecular formula is C17H19NO5S2. The summed E-state index contributed by atoms with van der Waals surface area (Å²) in [5.74, 6) is 1.16. The predicted molar refractivity (Wildman–Crippen MR) is 99.6 cm³/mol. The molecule has 0 fully saturated rings. The highest BCUT2D eigenvalue weighted by Crippen LogP contribution is 2.28. The summed E-state index contributed by atoms with van der Waals surface area (Å²) >= 11 is 3.09. The van der Waals surface area contributed by atoms with Gasteiger partial charge in [0.1, 0.15) is 11.5 Å². The van der Waals surface area contributed by atoms with E-state index in [9.17, 15) is 9.59 Å². The second-order valence-electron chi connectivity index (χ2n) is 4.85. The highest BCUT2D eigenvalue weighted by Gasteiger charge is 2.12. The average Bonchev–Trinajstić information content (AvgIpc) is 3.13. The molecule has 0 bridgehead atoms. The topological polar surface area (TPSA) is 73.9 Å². The van der Waals surface area contributed by atoms with Crippen LogP contribution in [0.15, 0.2) is 35.7 Å². The van der Waals surface area contributed by atoms with Gasteiger partial charge >= 0.3 is 5.97 Å². The van der Waals surface area contributed by atoms with E-state index in [1.165, 1.54) is 30.9 Å². The first-order chi connectivity index (χ1) is 12.1. The zero-order chi connectivity index (χ0) is 18.1. The first-order valence-corrected chi connectivity index (χ1v) is 9.43. The molecule has 2 rings (SSSR count). The van der Waals surface area contributed by atoms with Gasteiger partial charge < -0.3 is 19.5 Å². The van der Waals surface area contributed by atoms with Gasteiger partial charge in [0, 0.05) is 16.7 Å². The van der Waals surface area contributed by atoms with Crippen molar-refractivity contribution in [2.45, 2.75) is 5.75 Å². The van der Waals surface area contributed by atoms with E-state index < -0.39 is 11.9 Å². The first-order valence-electron chi connectivity index (χ1n) is 7.40. The number of carbonyl (C=O) groups excluding carboxylic acids is 2. The minimum absolute atomic E-state index is 0.202. The Morgan fingerprint density at radius 2 is 2.04 bits per heavy atom. The standard InChI is InChI=1S/C17H19NO5S2/c1-21-12-5-6-15(22-2)14(8-12)18-16(19)9-23-17(20)11-24-10-13-4-3-7-25-13/h3-8H,9-11H2,1-2H3,(H,18,19). The highest BCUT2D eigenvalue weighted by atomic mass is 32.2. The van der Waals surface area contributed by atoms with Crippen LogP contribution < -0.4 is 14.8 Å². The molecule has 0 saturated carbocycles. The van der Waals surface area contributed by atoms with Crippen molar-refractivity contribution in [1.29, 1.82) is 0 Å². The van der Waals surface area contributed by atoms with Crippen LogP contribution in [-0.4, -0.2) is 38.5 Å². The number of hydrogen-bond acceptors (Lipinski definition) is 7. The van der Waals surface area contributed by atoms with Crippen LogP contribution in [0.4, 0.5) is 5.69 Å². The third-order valence-electron chi connectivity index (χ3n) is 3.09. The van der Waals surface area contributed by atoms with E-state index in [4.69, 9.17) is 14.2 Å². The lowest BCUT2D eigenvalue weighted by Crippen LogP contribution is -2.22. The molecule has 6 nitrogen and oxygen atoms in total. The van der Waals surface area contributed by atoms with Crippen molar-refractivity contribution >= 4 is 40.7 Å². The Labute approximate surface area is 154 Å². The summed E-state index contributed by atoms with van der Waals surface area (Å²) in [7, 11) is 3.03. The molecule has 0 spiro atoms. The molecule has 134 valence electrons. The fourth-order valence-corrected chi connectivity index (χ4v) is 3.58. The van der Waals surface area contributed by atoms with Crippen molar-refractivity contribution in [3.05, 3.63) is 40.6 Å². The monoisotopic (exact) mass is 381 g/mol. The number of benzene rings is 1. The van der Waals surface area contributed by atoms with Crippen molar-refractivity contribution in [1.82, 2.24) is 0 Å². The summed E-state index contributed by atoms with van der Waals surface area (Å²) in [6, 6.07) is 9.02. The number of anilines is 1. The number of esters is 1. The molecule has 0 aliphatic rings. The molecule has 0 atom stereocenters. The van der Waals surface area contributed by atoms with Gasteiger partial charge in [-0.1, -0.05) is 6.07 Å².